The number of amides is 2. The van der Waals surface area contributed by atoms with Crippen LogP contribution in [0.5, 0.6) is 0 Å². The second kappa shape index (κ2) is 10.2. The van der Waals surface area contributed by atoms with E-state index in [1.807, 2.05) is 48.5 Å². The third-order valence-corrected chi connectivity index (χ3v) is 5.67. The Hall–Kier alpha value is -3.48. The van der Waals surface area contributed by atoms with Crippen LogP contribution in [0.3, 0.4) is 0 Å². The zero-order valence-electron chi connectivity index (χ0n) is 17.6. The summed E-state index contributed by atoms with van der Waals surface area (Å²) in [5.74, 6) is -0.635. The van der Waals surface area contributed by atoms with E-state index in [4.69, 9.17) is 4.74 Å². The van der Waals surface area contributed by atoms with Crippen molar-refractivity contribution in [1.29, 1.82) is 0 Å². The fourth-order valence-corrected chi connectivity index (χ4v) is 3.76. The lowest BCUT2D eigenvalue weighted by atomic mass is 10.0. The number of aliphatic hydroxyl groups excluding tert-OH is 1. The highest BCUT2D eigenvalue weighted by atomic mass is 16.5. The third kappa shape index (κ3) is 5.22. The maximum Gasteiger partial charge on any atom is 0.251 e. The van der Waals surface area contributed by atoms with Crippen LogP contribution < -0.4 is 10.6 Å². The Morgan fingerprint density at radius 3 is 1.94 bits per heavy atom. The molecule has 0 aromatic heterocycles. The van der Waals surface area contributed by atoms with E-state index in [-0.39, 0.29) is 24.3 Å². The highest BCUT2D eigenvalue weighted by molar-refractivity contribution is 5.95. The number of rotatable bonds is 7. The van der Waals surface area contributed by atoms with E-state index in [2.05, 4.69) is 10.6 Å². The first kappa shape index (κ1) is 21.7. The number of nitrogens with one attached hydrogen (secondary N) is 2. The fraction of sp³-hybridized carbons (Fsp3) is 0.231. The zero-order chi connectivity index (χ0) is 22.3. The summed E-state index contributed by atoms with van der Waals surface area (Å²) in [4.78, 5) is 24.7. The normalized spacial score (nSPS) is 20.0. The number of ether oxygens (including phenoxy) is 1. The molecule has 3 aromatic carbocycles. The fourth-order valence-electron chi connectivity index (χ4n) is 3.76. The maximum absolute atomic E-state index is 12.5. The minimum atomic E-state index is -0.771. The van der Waals surface area contributed by atoms with Gasteiger partial charge in [0.15, 0.2) is 0 Å². The van der Waals surface area contributed by atoms with E-state index in [0.29, 0.717) is 24.3 Å². The van der Waals surface area contributed by atoms with Crippen molar-refractivity contribution < 1.29 is 19.4 Å². The zero-order valence-corrected chi connectivity index (χ0v) is 17.6. The summed E-state index contributed by atoms with van der Waals surface area (Å²) < 4.78 is 5.66. The van der Waals surface area contributed by atoms with Gasteiger partial charge in [-0.25, -0.2) is 0 Å². The first-order valence-electron chi connectivity index (χ1n) is 10.7. The molecule has 1 saturated heterocycles. The van der Waals surface area contributed by atoms with Crippen LogP contribution in [0.4, 0.5) is 0 Å². The molecule has 0 radical (unpaired) electrons. The highest BCUT2D eigenvalue weighted by Crippen LogP contribution is 2.21. The van der Waals surface area contributed by atoms with Crippen LogP contribution in [-0.4, -0.2) is 48.8 Å². The molecule has 3 aromatic rings. The Kier molecular flexibility index (Phi) is 6.94. The topological polar surface area (TPSA) is 87.7 Å². The molecule has 1 heterocycles. The monoisotopic (exact) mass is 430 g/mol. The van der Waals surface area contributed by atoms with Crippen LogP contribution >= 0.6 is 0 Å². The van der Waals surface area contributed by atoms with Crippen molar-refractivity contribution in [3.63, 3.8) is 0 Å². The Labute approximate surface area is 187 Å². The number of hydrogen-bond acceptors (Lipinski definition) is 4. The van der Waals surface area contributed by atoms with Gasteiger partial charge in [0.2, 0.25) is 0 Å². The third-order valence-electron chi connectivity index (χ3n) is 5.67. The lowest BCUT2D eigenvalue weighted by Gasteiger charge is -2.18. The van der Waals surface area contributed by atoms with Crippen molar-refractivity contribution in [3.8, 4) is 11.1 Å². The quantitative estimate of drug-likeness (QED) is 0.538. The maximum atomic E-state index is 12.5. The van der Waals surface area contributed by atoms with Crippen LogP contribution in [0.25, 0.3) is 11.1 Å². The number of carbonyl (C=O) groups is 2. The van der Waals surface area contributed by atoms with Crippen LogP contribution in [0.1, 0.15) is 20.7 Å². The van der Waals surface area contributed by atoms with E-state index in [1.54, 1.807) is 36.4 Å². The lowest BCUT2D eigenvalue weighted by molar-refractivity contribution is 0.0384. The number of aliphatic hydroxyl groups is 1. The molecule has 32 heavy (non-hydrogen) atoms. The van der Waals surface area contributed by atoms with E-state index >= 15 is 0 Å². The van der Waals surface area contributed by atoms with Gasteiger partial charge in [-0.1, -0.05) is 60.7 Å². The highest BCUT2D eigenvalue weighted by Gasteiger charge is 2.36. The van der Waals surface area contributed by atoms with Gasteiger partial charge in [-0.05, 0) is 35.4 Å². The van der Waals surface area contributed by atoms with Crippen LogP contribution in [0.15, 0.2) is 84.9 Å². The second-order valence-electron chi connectivity index (χ2n) is 7.85. The van der Waals surface area contributed by atoms with E-state index in [9.17, 15) is 14.7 Å². The van der Waals surface area contributed by atoms with E-state index in [1.165, 1.54) is 0 Å². The van der Waals surface area contributed by atoms with Gasteiger partial charge in [0.1, 0.15) is 6.10 Å². The standard InChI is InChI=1S/C26H26N2O4/c29-24-22(15-27-25(30)20-9-5-2-6-10-20)17-32-23(24)16-28-26(31)21-13-11-19(12-14-21)18-7-3-1-4-8-18/h1-14,22-24,29H,15-17H2,(H,27,30)(H,28,31)/t22-,23-,24+/m1/s1. The smallest absolute Gasteiger partial charge is 0.251 e. The molecule has 3 atom stereocenters. The molecule has 2 amide bonds. The summed E-state index contributed by atoms with van der Waals surface area (Å²) in [6.07, 6.45) is -1.28. The molecular weight excluding hydrogens is 404 g/mol. The van der Waals surface area contributed by atoms with Gasteiger partial charge >= 0.3 is 0 Å². The molecule has 164 valence electrons. The molecular formula is C26H26N2O4. The minimum absolute atomic E-state index is 0.187. The molecule has 0 bridgehead atoms. The van der Waals surface area contributed by atoms with Crippen molar-refractivity contribution in [2.75, 3.05) is 19.7 Å². The number of hydrogen-bond donors (Lipinski definition) is 3. The molecule has 1 fully saturated rings. The molecule has 4 rings (SSSR count). The van der Waals surface area contributed by atoms with E-state index < -0.39 is 12.2 Å². The Morgan fingerprint density at radius 1 is 0.750 bits per heavy atom. The largest absolute Gasteiger partial charge is 0.390 e. The molecule has 6 heteroatoms. The van der Waals surface area contributed by atoms with Crippen molar-refractivity contribution in [2.45, 2.75) is 12.2 Å². The molecule has 6 nitrogen and oxygen atoms in total. The number of benzene rings is 3. The summed E-state index contributed by atoms with van der Waals surface area (Å²) >= 11 is 0. The predicted molar refractivity (Wildman–Crippen MR) is 122 cm³/mol. The summed E-state index contributed by atoms with van der Waals surface area (Å²) in [6.45, 7) is 0.826. The van der Waals surface area contributed by atoms with Crippen LogP contribution in [0, 0.1) is 5.92 Å². The van der Waals surface area contributed by atoms with Gasteiger partial charge in [0.25, 0.3) is 11.8 Å². The van der Waals surface area contributed by atoms with E-state index in [0.717, 1.165) is 11.1 Å². The summed E-state index contributed by atoms with van der Waals surface area (Å²) in [7, 11) is 0. The predicted octanol–water partition coefficient (Wildman–Crippen LogP) is 2.89. The van der Waals surface area contributed by atoms with Gasteiger partial charge in [-0.15, -0.1) is 0 Å². The number of carbonyl (C=O) groups excluding carboxylic acids is 2. The van der Waals surface area contributed by atoms with Crippen molar-refractivity contribution in [3.05, 3.63) is 96.1 Å². The first-order chi connectivity index (χ1) is 15.6. The van der Waals surface area contributed by atoms with Crippen LogP contribution in [0.2, 0.25) is 0 Å². The average Bonchev–Trinajstić information content (AvgIpc) is 3.21. The lowest BCUT2D eigenvalue weighted by Crippen LogP contribution is -2.41. The summed E-state index contributed by atoms with van der Waals surface area (Å²) in [5.41, 5.74) is 3.25. The Morgan fingerprint density at radius 2 is 1.28 bits per heavy atom. The molecule has 1 aliphatic heterocycles. The van der Waals surface area contributed by atoms with Gasteiger partial charge in [-0.2, -0.15) is 0 Å². The van der Waals surface area contributed by atoms with Gasteiger partial charge in [-0.3, -0.25) is 9.59 Å². The Bertz CT molecular complexity index is 1040. The van der Waals surface area contributed by atoms with Crippen molar-refractivity contribution in [2.24, 2.45) is 5.92 Å². The molecule has 0 saturated carbocycles. The molecule has 0 spiro atoms. The molecule has 1 aliphatic rings. The average molecular weight is 431 g/mol. The SMILES string of the molecule is O=C(NC[C@@H]1CO[C@H](CNC(=O)c2ccc(-c3ccccc3)cc2)[C@H]1O)c1ccccc1. The van der Waals surface area contributed by atoms with Gasteiger partial charge in [0.05, 0.1) is 12.7 Å². The molecule has 0 aliphatic carbocycles. The van der Waals surface area contributed by atoms with Crippen molar-refractivity contribution >= 4 is 11.8 Å². The minimum Gasteiger partial charge on any atom is -0.390 e. The summed E-state index contributed by atoms with van der Waals surface area (Å²) in [6, 6.07) is 26.3. The van der Waals surface area contributed by atoms with Crippen LogP contribution in [-0.2, 0) is 4.74 Å². The van der Waals surface area contributed by atoms with Gasteiger partial charge in [0, 0.05) is 30.1 Å². The summed E-state index contributed by atoms with van der Waals surface area (Å²) in [5, 5.41) is 16.2. The molecule has 3 N–H and O–H groups in total. The Balaban J connectivity index is 1.25. The first-order valence-corrected chi connectivity index (χ1v) is 10.7. The second-order valence-corrected chi connectivity index (χ2v) is 7.85. The van der Waals surface area contributed by atoms with Crippen molar-refractivity contribution in [1.82, 2.24) is 10.6 Å². The molecule has 0 unspecified atom stereocenters. The van der Waals surface area contributed by atoms with Gasteiger partial charge < -0.3 is 20.5 Å².